The molecule has 190 valence electrons. The number of morpholine rings is 1. The van der Waals surface area contributed by atoms with Crippen LogP contribution in [-0.2, 0) is 16.1 Å². The highest BCUT2D eigenvalue weighted by Crippen LogP contribution is 2.25. The van der Waals surface area contributed by atoms with Crippen molar-refractivity contribution in [3.63, 3.8) is 0 Å². The molecule has 2 heterocycles. The van der Waals surface area contributed by atoms with Crippen LogP contribution in [0.2, 0.25) is 0 Å². The first-order valence-electron chi connectivity index (χ1n) is 12.5. The Morgan fingerprint density at radius 2 is 1.91 bits per heavy atom. The SMILES string of the molecule is O=C(NCCCN1CCOCC1)[C@@H]1C[C@H](COc2cccc(F)c2)CN(Cc2ccc(O)cc2)C1. The monoisotopic (exact) mass is 485 g/mol. The van der Waals surface area contributed by atoms with Gasteiger partial charge in [0.05, 0.1) is 25.7 Å². The molecule has 35 heavy (non-hydrogen) atoms. The predicted molar refractivity (Wildman–Crippen MR) is 132 cm³/mol. The molecule has 0 spiro atoms. The topological polar surface area (TPSA) is 74.3 Å². The fourth-order valence-electron chi connectivity index (χ4n) is 4.86. The molecule has 1 amide bonds. The van der Waals surface area contributed by atoms with Gasteiger partial charge in [-0.3, -0.25) is 14.6 Å². The van der Waals surface area contributed by atoms with Gasteiger partial charge in [-0.15, -0.1) is 0 Å². The highest BCUT2D eigenvalue weighted by molar-refractivity contribution is 5.79. The van der Waals surface area contributed by atoms with Gasteiger partial charge in [0.15, 0.2) is 0 Å². The lowest BCUT2D eigenvalue weighted by molar-refractivity contribution is -0.127. The molecule has 2 fully saturated rings. The molecule has 4 rings (SSSR count). The molecule has 2 atom stereocenters. The zero-order valence-corrected chi connectivity index (χ0v) is 20.2. The summed E-state index contributed by atoms with van der Waals surface area (Å²) >= 11 is 0. The smallest absolute Gasteiger partial charge is 0.224 e. The summed E-state index contributed by atoms with van der Waals surface area (Å²) in [5.41, 5.74) is 1.08. The Kier molecular flexibility index (Phi) is 9.34. The van der Waals surface area contributed by atoms with Gasteiger partial charge in [0.25, 0.3) is 0 Å². The van der Waals surface area contributed by atoms with Crippen LogP contribution in [0.4, 0.5) is 4.39 Å². The zero-order chi connectivity index (χ0) is 24.5. The van der Waals surface area contributed by atoms with Gasteiger partial charge >= 0.3 is 0 Å². The quantitative estimate of drug-likeness (QED) is 0.504. The molecule has 2 aliphatic heterocycles. The number of ether oxygens (including phenoxy) is 2. The Labute approximate surface area is 206 Å². The van der Waals surface area contributed by atoms with Gasteiger partial charge in [0.1, 0.15) is 17.3 Å². The number of likely N-dealkylation sites (tertiary alicyclic amines) is 1. The predicted octanol–water partition coefficient (Wildman–Crippen LogP) is 2.89. The molecule has 0 bridgehead atoms. The van der Waals surface area contributed by atoms with Crippen molar-refractivity contribution in [2.45, 2.75) is 19.4 Å². The van der Waals surface area contributed by atoms with Gasteiger partial charge in [0.2, 0.25) is 5.91 Å². The zero-order valence-electron chi connectivity index (χ0n) is 20.2. The van der Waals surface area contributed by atoms with E-state index in [-0.39, 0.29) is 29.3 Å². The summed E-state index contributed by atoms with van der Waals surface area (Å²) in [6.07, 6.45) is 1.65. The number of phenols is 1. The maximum absolute atomic E-state index is 13.5. The van der Waals surface area contributed by atoms with Crippen LogP contribution in [0.1, 0.15) is 18.4 Å². The van der Waals surface area contributed by atoms with Gasteiger partial charge < -0.3 is 19.9 Å². The van der Waals surface area contributed by atoms with Crippen molar-refractivity contribution in [3.05, 3.63) is 59.9 Å². The lowest BCUT2D eigenvalue weighted by Crippen LogP contribution is -2.47. The van der Waals surface area contributed by atoms with Crippen LogP contribution in [0, 0.1) is 17.7 Å². The highest BCUT2D eigenvalue weighted by Gasteiger charge is 2.32. The summed E-state index contributed by atoms with van der Waals surface area (Å²) in [5.74, 6) is 0.513. The molecule has 2 saturated heterocycles. The molecule has 0 saturated carbocycles. The average molecular weight is 486 g/mol. The molecule has 2 aromatic rings. The van der Waals surface area contributed by atoms with Gasteiger partial charge in [0, 0.05) is 51.3 Å². The average Bonchev–Trinajstić information content (AvgIpc) is 2.87. The first-order chi connectivity index (χ1) is 17.0. The number of nitrogens with zero attached hydrogens (tertiary/aromatic N) is 2. The van der Waals surface area contributed by atoms with Crippen LogP contribution in [0.25, 0.3) is 0 Å². The molecule has 2 N–H and O–H groups in total. The second-order valence-corrected chi connectivity index (χ2v) is 9.53. The molecule has 8 heteroatoms. The van der Waals surface area contributed by atoms with E-state index in [4.69, 9.17) is 9.47 Å². The lowest BCUT2D eigenvalue weighted by atomic mass is 9.88. The number of nitrogens with one attached hydrogen (secondary N) is 1. The van der Waals surface area contributed by atoms with Gasteiger partial charge in [-0.1, -0.05) is 18.2 Å². The van der Waals surface area contributed by atoms with E-state index in [9.17, 15) is 14.3 Å². The summed E-state index contributed by atoms with van der Waals surface area (Å²) < 4.78 is 24.8. The Hall–Kier alpha value is -2.68. The van der Waals surface area contributed by atoms with E-state index in [0.717, 1.165) is 57.8 Å². The maximum Gasteiger partial charge on any atom is 0.224 e. The summed E-state index contributed by atoms with van der Waals surface area (Å²) in [6.45, 7) is 7.68. The summed E-state index contributed by atoms with van der Waals surface area (Å²) in [6, 6.07) is 13.3. The molecule has 0 aliphatic carbocycles. The standard InChI is InChI=1S/C27H36FN3O4/c28-24-3-1-4-26(16-24)35-20-22-15-23(19-31(18-22)17-21-5-7-25(32)8-6-21)27(33)29-9-2-10-30-11-13-34-14-12-30/h1,3-8,16,22-23,32H,2,9-15,17-20H2,(H,29,33)/t22-,23+/m0/s1. The van der Waals surface area contributed by atoms with E-state index in [1.165, 1.54) is 12.1 Å². The van der Waals surface area contributed by atoms with E-state index in [1.807, 2.05) is 12.1 Å². The van der Waals surface area contributed by atoms with Crippen LogP contribution >= 0.6 is 0 Å². The largest absolute Gasteiger partial charge is 0.508 e. The number of hydrogen-bond donors (Lipinski definition) is 2. The number of phenolic OH excluding ortho intramolecular Hbond substituents is 1. The third kappa shape index (κ3) is 8.19. The van der Waals surface area contributed by atoms with Crippen molar-refractivity contribution in [2.75, 3.05) is 59.1 Å². The lowest BCUT2D eigenvalue weighted by Gasteiger charge is -2.37. The van der Waals surface area contributed by atoms with E-state index in [1.54, 1.807) is 24.3 Å². The third-order valence-corrected chi connectivity index (χ3v) is 6.66. The molecule has 0 unspecified atom stereocenters. The minimum Gasteiger partial charge on any atom is -0.508 e. The third-order valence-electron chi connectivity index (χ3n) is 6.66. The summed E-state index contributed by atoms with van der Waals surface area (Å²) in [4.78, 5) is 17.7. The first-order valence-corrected chi connectivity index (χ1v) is 12.5. The van der Waals surface area contributed by atoms with Crippen LogP contribution in [-0.4, -0.2) is 79.9 Å². The van der Waals surface area contributed by atoms with Crippen molar-refractivity contribution >= 4 is 5.91 Å². The van der Waals surface area contributed by atoms with Gasteiger partial charge in [-0.2, -0.15) is 0 Å². The molecule has 0 radical (unpaired) electrons. The number of carbonyl (C=O) groups excluding carboxylic acids is 1. The van der Waals surface area contributed by atoms with Crippen molar-refractivity contribution in [3.8, 4) is 11.5 Å². The number of aromatic hydroxyl groups is 1. The normalized spacial score (nSPS) is 21.5. The minimum absolute atomic E-state index is 0.0816. The van der Waals surface area contributed by atoms with E-state index in [0.29, 0.717) is 32.0 Å². The molecular formula is C27H36FN3O4. The fourth-order valence-corrected chi connectivity index (χ4v) is 4.86. The van der Waals surface area contributed by atoms with E-state index < -0.39 is 0 Å². The molecule has 2 aliphatic rings. The number of piperidine rings is 1. The van der Waals surface area contributed by atoms with Crippen LogP contribution in [0.15, 0.2) is 48.5 Å². The second-order valence-electron chi connectivity index (χ2n) is 9.53. The van der Waals surface area contributed by atoms with Gasteiger partial charge in [-0.05, 0) is 49.2 Å². The Balaban J connectivity index is 1.31. The van der Waals surface area contributed by atoms with Crippen molar-refractivity contribution in [1.82, 2.24) is 15.1 Å². The first kappa shape index (κ1) is 25.4. The second kappa shape index (κ2) is 12.9. The number of benzene rings is 2. The fraction of sp³-hybridized carbons (Fsp3) is 0.519. The molecule has 2 aromatic carbocycles. The number of hydrogen-bond acceptors (Lipinski definition) is 6. The summed E-state index contributed by atoms with van der Waals surface area (Å²) in [7, 11) is 0. The van der Waals surface area contributed by atoms with Crippen molar-refractivity contribution < 1.29 is 23.8 Å². The van der Waals surface area contributed by atoms with Crippen molar-refractivity contribution in [1.29, 1.82) is 0 Å². The number of carbonyl (C=O) groups is 1. The number of rotatable bonds is 10. The van der Waals surface area contributed by atoms with Crippen molar-refractivity contribution in [2.24, 2.45) is 11.8 Å². The van der Waals surface area contributed by atoms with Crippen LogP contribution < -0.4 is 10.1 Å². The van der Waals surface area contributed by atoms with Gasteiger partial charge in [-0.25, -0.2) is 4.39 Å². The number of halogens is 1. The maximum atomic E-state index is 13.5. The Morgan fingerprint density at radius 1 is 1.11 bits per heavy atom. The minimum atomic E-state index is -0.325. The van der Waals surface area contributed by atoms with Crippen LogP contribution in [0.5, 0.6) is 11.5 Å². The highest BCUT2D eigenvalue weighted by atomic mass is 19.1. The Morgan fingerprint density at radius 3 is 2.69 bits per heavy atom. The Bertz CT molecular complexity index is 936. The van der Waals surface area contributed by atoms with E-state index in [2.05, 4.69) is 15.1 Å². The molecule has 7 nitrogen and oxygen atoms in total. The summed E-state index contributed by atoms with van der Waals surface area (Å²) in [5, 5.41) is 12.7. The van der Waals surface area contributed by atoms with E-state index >= 15 is 0 Å². The number of amides is 1. The molecular weight excluding hydrogens is 449 g/mol. The van der Waals surface area contributed by atoms with Crippen LogP contribution in [0.3, 0.4) is 0 Å². The molecule has 0 aromatic heterocycles.